The molecule has 0 saturated carbocycles. The molecule has 2 heterocycles. The lowest BCUT2D eigenvalue weighted by Gasteiger charge is -2.36. The summed E-state index contributed by atoms with van der Waals surface area (Å²) in [5, 5.41) is 7.58. The van der Waals surface area contributed by atoms with E-state index in [1.165, 1.54) is 0 Å². The third-order valence-electron chi connectivity index (χ3n) is 5.95. The number of amides is 2. The standard InChI is InChI=1S/C25H26ClN5O3/c1-17-23(18(2)31(28-17)21-6-4-3-5-7-21)24(33)25(34)27-16-22(32)30-14-12-29(13-15-30)20-10-8-19(26)9-11-20/h3-11H,12-16H2,1-2H3,(H,27,34). The molecule has 1 N–H and O–H groups in total. The van der Waals surface area contributed by atoms with E-state index in [9.17, 15) is 14.4 Å². The number of hydrogen-bond donors (Lipinski definition) is 1. The highest BCUT2D eigenvalue weighted by molar-refractivity contribution is 6.43. The molecule has 2 amide bonds. The number of carbonyl (C=O) groups is 3. The van der Waals surface area contributed by atoms with Crippen LogP contribution < -0.4 is 10.2 Å². The average molecular weight is 480 g/mol. The van der Waals surface area contributed by atoms with Crippen LogP contribution in [-0.4, -0.2) is 65.0 Å². The zero-order chi connectivity index (χ0) is 24.2. The number of benzene rings is 2. The number of carbonyl (C=O) groups excluding carboxylic acids is 3. The van der Waals surface area contributed by atoms with E-state index in [0.29, 0.717) is 42.6 Å². The molecule has 0 atom stereocenters. The highest BCUT2D eigenvalue weighted by atomic mass is 35.5. The van der Waals surface area contributed by atoms with Gasteiger partial charge in [-0.3, -0.25) is 14.4 Å². The number of aromatic nitrogens is 2. The molecule has 1 aliphatic heterocycles. The molecular formula is C25H26ClN5O3. The van der Waals surface area contributed by atoms with Gasteiger partial charge >= 0.3 is 0 Å². The fourth-order valence-electron chi connectivity index (χ4n) is 4.12. The number of anilines is 1. The van der Waals surface area contributed by atoms with Crippen molar-refractivity contribution in [2.75, 3.05) is 37.6 Å². The Balaban J connectivity index is 1.32. The highest BCUT2D eigenvalue weighted by Gasteiger charge is 2.27. The Labute approximate surface area is 203 Å². The molecule has 0 aliphatic carbocycles. The molecule has 0 radical (unpaired) electrons. The van der Waals surface area contributed by atoms with Crippen molar-refractivity contribution in [1.82, 2.24) is 20.0 Å². The molecule has 0 spiro atoms. The van der Waals surface area contributed by atoms with E-state index >= 15 is 0 Å². The lowest BCUT2D eigenvalue weighted by atomic mass is 10.1. The molecule has 3 aromatic rings. The first-order chi connectivity index (χ1) is 16.3. The molecule has 1 saturated heterocycles. The Morgan fingerprint density at radius 2 is 1.56 bits per heavy atom. The summed E-state index contributed by atoms with van der Waals surface area (Å²) in [4.78, 5) is 41.9. The summed E-state index contributed by atoms with van der Waals surface area (Å²) >= 11 is 5.95. The number of ketones is 1. The number of nitrogens with one attached hydrogen (secondary N) is 1. The molecular weight excluding hydrogens is 454 g/mol. The van der Waals surface area contributed by atoms with Crippen molar-refractivity contribution in [2.24, 2.45) is 0 Å². The van der Waals surface area contributed by atoms with Gasteiger partial charge in [0, 0.05) is 36.9 Å². The molecule has 1 aromatic heterocycles. The Morgan fingerprint density at radius 1 is 0.912 bits per heavy atom. The van der Waals surface area contributed by atoms with Gasteiger partial charge in [0.1, 0.15) is 0 Å². The first-order valence-electron chi connectivity index (χ1n) is 11.1. The van der Waals surface area contributed by atoms with Gasteiger partial charge < -0.3 is 15.1 Å². The van der Waals surface area contributed by atoms with E-state index in [1.54, 1.807) is 23.4 Å². The Kier molecular flexibility index (Phi) is 6.98. The van der Waals surface area contributed by atoms with E-state index in [4.69, 9.17) is 11.6 Å². The predicted molar refractivity (Wildman–Crippen MR) is 131 cm³/mol. The van der Waals surface area contributed by atoms with Crippen LogP contribution in [0.2, 0.25) is 5.02 Å². The van der Waals surface area contributed by atoms with E-state index < -0.39 is 11.7 Å². The zero-order valence-electron chi connectivity index (χ0n) is 19.1. The number of hydrogen-bond acceptors (Lipinski definition) is 5. The molecule has 4 rings (SSSR count). The third kappa shape index (κ3) is 4.97. The number of aryl methyl sites for hydroxylation is 1. The molecule has 176 valence electrons. The van der Waals surface area contributed by atoms with E-state index in [-0.39, 0.29) is 18.0 Å². The number of Topliss-reactive ketones (excluding diaryl/α,β-unsaturated/α-hetero) is 1. The van der Waals surface area contributed by atoms with Gasteiger partial charge in [0.2, 0.25) is 5.91 Å². The zero-order valence-corrected chi connectivity index (χ0v) is 19.9. The van der Waals surface area contributed by atoms with Gasteiger partial charge in [-0.1, -0.05) is 29.8 Å². The fraction of sp³-hybridized carbons (Fsp3) is 0.280. The molecule has 1 aliphatic rings. The molecule has 0 unspecified atom stereocenters. The summed E-state index contributed by atoms with van der Waals surface area (Å²) in [6.45, 7) is 5.64. The quantitative estimate of drug-likeness (QED) is 0.434. The van der Waals surface area contributed by atoms with Crippen LogP contribution in [0, 0.1) is 13.8 Å². The molecule has 9 heteroatoms. The van der Waals surface area contributed by atoms with E-state index in [0.717, 1.165) is 11.4 Å². The lowest BCUT2D eigenvalue weighted by Crippen LogP contribution is -2.51. The second kappa shape index (κ2) is 10.1. The van der Waals surface area contributed by atoms with E-state index in [1.807, 2.05) is 54.6 Å². The monoisotopic (exact) mass is 479 g/mol. The predicted octanol–water partition coefficient (Wildman–Crippen LogP) is 2.79. The average Bonchev–Trinajstić information content (AvgIpc) is 3.16. The normalized spacial score (nSPS) is 13.6. The topological polar surface area (TPSA) is 87.5 Å². The maximum absolute atomic E-state index is 12.8. The molecule has 0 bridgehead atoms. The van der Waals surface area contributed by atoms with Gasteiger partial charge in [-0.25, -0.2) is 4.68 Å². The Morgan fingerprint density at radius 3 is 2.21 bits per heavy atom. The largest absolute Gasteiger partial charge is 0.368 e. The van der Waals surface area contributed by atoms with E-state index in [2.05, 4.69) is 15.3 Å². The molecule has 2 aromatic carbocycles. The summed E-state index contributed by atoms with van der Waals surface area (Å²) in [5.74, 6) is -1.73. The fourth-order valence-corrected chi connectivity index (χ4v) is 4.25. The maximum Gasteiger partial charge on any atom is 0.292 e. The highest BCUT2D eigenvalue weighted by Crippen LogP contribution is 2.20. The van der Waals surface area contributed by atoms with Crippen LogP contribution in [0.25, 0.3) is 5.69 Å². The Bertz CT molecular complexity index is 1200. The first kappa shape index (κ1) is 23.5. The van der Waals surface area contributed by atoms with Gasteiger partial charge in [-0.2, -0.15) is 5.10 Å². The maximum atomic E-state index is 12.8. The number of nitrogens with zero attached hydrogens (tertiary/aromatic N) is 4. The minimum atomic E-state index is -0.813. The van der Waals surface area contributed by atoms with Gasteiger partial charge in [-0.05, 0) is 50.2 Å². The first-order valence-corrected chi connectivity index (χ1v) is 11.5. The summed E-state index contributed by atoms with van der Waals surface area (Å²) < 4.78 is 1.64. The lowest BCUT2D eigenvalue weighted by molar-refractivity contribution is -0.132. The summed E-state index contributed by atoms with van der Waals surface area (Å²) in [5.41, 5.74) is 3.15. The van der Waals surface area contributed by atoms with Crippen LogP contribution >= 0.6 is 11.6 Å². The van der Waals surface area contributed by atoms with Crippen LogP contribution in [0.1, 0.15) is 21.7 Å². The minimum Gasteiger partial charge on any atom is -0.368 e. The van der Waals surface area contributed by atoms with Crippen molar-refractivity contribution in [3.63, 3.8) is 0 Å². The SMILES string of the molecule is Cc1nn(-c2ccccc2)c(C)c1C(=O)C(=O)NCC(=O)N1CCN(c2ccc(Cl)cc2)CC1. The molecule has 34 heavy (non-hydrogen) atoms. The van der Waals surface area contributed by atoms with Gasteiger partial charge in [0.05, 0.1) is 29.2 Å². The number of para-hydroxylation sites is 1. The van der Waals surface area contributed by atoms with Crippen LogP contribution in [0.3, 0.4) is 0 Å². The third-order valence-corrected chi connectivity index (χ3v) is 6.20. The number of rotatable bonds is 6. The second-order valence-electron chi connectivity index (χ2n) is 8.15. The van der Waals surface area contributed by atoms with Crippen LogP contribution in [-0.2, 0) is 9.59 Å². The molecule has 1 fully saturated rings. The van der Waals surface area contributed by atoms with Crippen molar-refractivity contribution in [3.8, 4) is 5.69 Å². The van der Waals surface area contributed by atoms with Crippen molar-refractivity contribution in [3.05, 3.63) is 76.6 Å². The summed E-state index contributed by atoms with van der Waals surface area (Å²) in [7, 11) is 0. The van der Waals surface area contributed by atoms with Crippen molar-refractivity contribution >= 4 is 34.9 Å². The van der Waals surface area contributed by atoms with Crippen molar-refractivity contribution in [1.29, 1.82) is 0 Å². The minimum absolute atomic E-state index is 0.217. The second-order valence-corrected chi connectivity index (χ2v) is 8.59. The van der Waals surface area contributed by atoms with Gasteiger partial charge in [0.25, 0.3) is 11.7 Å². The van der Waals surface area contributed by atoms with Gasteiger partial charge in [-0.15, -0.1) is 0 Å². The van der Waals surface area contributed by atoms with Gasteiger partial charge in [0.15, 0.2) is 0 Å². The summed E-state index contributed by atoms with van der Waals surface area (Å²) in [6, 6.07) is 17.0. The smallest absolute Gasteiger partial charge is 0.292 e. The Hall–Kier alpha value is -3.65. The van der Waals surface area contributed by atoms with Crippen LogP contribution in [0.5, 0.6) is 0 Å². The number of halogens is 1. The van der Waals surface area contributed by atoms with Crippen molar-refractivity contribution < 1.29 is 14.4 Å². The molecule has 8 nitrogen and oxygen atoms in total. The van der Waals surface area contributed by atoms with Crippen LogP contribution in [0.15, 0.2) is 54.6 Å². The summed E-state index contributed by atoms with van der Waals surface area (Å²) in [6.07, 6.45) is 0. The van der Waals surface area contributed by atoms with Crippen molar-refractivity contribution in [2.45, 2.75) is 13.8 Å². The number of piperazine rings is 1. The van der Waals surface area contributed by atoms with Crippen LogP contribution in [0.4, 0.5) is 5.69 Å².